The monoisotopic (exact) mass is 424 g/mol. The van der Waals surface area contributed by atoms with Gasteiger partial charge < -0.3 is 4.74 Å². The van der Waals surface area contributed by atoms with Crippen LogP contribution in [0.2, 0.25) is 25.1 Å². The number of rotatable bonds is 5. The fourth-order valence-electron chi connectivity index (χ4n) is 1.56. The second-order valence-corrected chi connectivity index (χ2v) is 6.49. The van der Waals surface area contributed by atoms with Crippen molar-refractivity contribution in [1.29, 1.82) is 0 Å². The minimum absolute atomic E-state index is 0.245. The van der Waals surface area contributed by atoms with Gasteiger partial charge in [0.15, 0.2) is 6.61 Å². The Hall–Kier alpha value is -1.17. The molecule has 0 aliphatic carbocycles. The summed E-state index contributed by atoms with van der Waals surface area (Å²) in [6.45, 7) is -0.295. The second-order valence-electron chi connectivity index (χ2n) is 4.45. The molecule has 0 heterocycles. The lowest BCUT2D eigenvalue weighted by Gasteiger charge is -2.08. The average molecular weight is 427 g/mol. The van der Waals surface area contributed by atoms with E-state index in [0.717, 1.165) is 0 Å². The zero-order valence-corrected chi connectivity index (χ0v) is 15.6. The third kappa shape index (κ3) is 5.43. The number of hydrogen-bond donors (Lipinski definition) is 1. The maximum absolute atomic E-state index is 11.7. The summed E-state index contributed by atoms with van der Waals surface area (Å²) in [4.78, 5) is 11.7. The summed E-state index contributed by atoms with van der Waals surface area (Å²) >= 11 is 29.3. The van der Waals surface area contributed by atoms with Crippen molar-refractivity contribution in [3.63, 3.8) is 0 Å². The summed E-state index contributed by atoms with van der Waals surface area (Å²) in [5.41, 5.74) is 2.99. The first-order valence-electron chi connectivity index (χ1n) is 6.41. The number of hydrogen-bond acceptors (Lipinski definition) is 3. The first-order chi connectivity index (χ1) is 11.4. The molecule has 0 fully saturated rings. The largest absolute Gasteiger partial charge is 0.482 e. The molecule has 0 atom stereocenters. The molecule has 0 saturated carbocycles. The number of benzene rings is 2. The van der Waals surface area contributed by atoms with E-state index in [1.807, 2.05) is 0 Å². The number of carbonyl (C=O) groups is 1. The minimum Gasteiger partial charge on any atom is -0.482 e. The Morgan fingerprint density at radius 3 is 2.33 bits per heavy atom. The number of amides is 1. The van der Waals surface area contributed by atoms with Crippen molar-refractivity contribution in [2.24, 2.45) is 5.10 Å². The Morgan fingerprint density at radius 1 is 0.958 bits per heavy atom. The fraction of sp³-hybridized carbons (Fsp3) is 0.0667. The van der Waals surface area contributed by atoms with Gasteiger partial charge in [-0.3, -0.25) is 4.79 Å². The number of nitrogens with zero attached hydrogens (tertiary/aromatic N) is 1. The molecule has 2 aromatic rings. The lowest BCUT2D eigenvalue weighted by atomic mass is 10.2. The van der Waals surface area contributed by atoms with Crippen molar-refractivity contribution in [3.05, 3.63) is 61.0 Å². The summed E-state index contributed by atoms with van der Waals surface area (Å²) < 4.78 is 5.27. The molecule has 1 N–H and O–H groups in total. The van der Waals surface area contributed by atoms with E-state index in [0.29, 0.717) is 20.6 Å². The van der Waals surface area contributed by atoms with Gasteiger partial charge in [-0.25, -0.2) is 5.43 Å². The lowest BCUT2D eigenvalue weighted by molar-refractivity contribution is -0.123. The molecule has 0 aliphatic rings. The van der Waals surface area contributed by atoms with Gasteiger partial charge in [0.25, 0.3) is 5.91 Å². The van der Waals surface area contributed by atoms with Crippen LogP contribution >= 0.6 is 58.0 Å². The Bertz CT molecular complexity index is 796. The highest BCUT2D eigenvalue weighted by Crippen LogP contribution is 2.33. The van der Waals surface area contributed by atoms with Crippen LogP contribution in [0.15, 0.2) is 35.4 Å². The van der Waals surface area contributed by atoms with Gasteiger partial charge in [-0.15, -0.1) is 0 Å². The fourth-order valence-corrected chi connectivity index (χ4v) is 2.46. The predicted octanol–water partition coefficient (Wildman–Crippen LogP) is 5.48. The second kappa shape index (κ2) is 8.79. The molecule has 2 aromatic carbocycles. The smallest absolute Gasteiger partial charge is 0.277 e. The highest BCUT2D eigenvalue weighted by Gasteiger charge is 2.09. The summed E-state index contributed by atoms with van der Waals surface area (Å²) in [5.74, 6) is -0.233. The highest BCUT2D eigenvalue weighted by molar-refractivity contribution is 6.43. The van der Waals surface area contributed by atoms with Crippen molar-refractivity contribution >= 4 is 70.1 Å². The van der Waals surface area contributed by atoms with Crippen LogP contribution < -0.4 is 10.2 Å². The summed E-state index contributed by atoms with van der Waals surface area (Å²) in [6.07, 6.45) is 1.42. The third-order valence-electron chi connectivity index (χ3n) is 2.68. The topological polar surface area (TPSA) is 50.7 Å². The summed E-state index contributed by atoms with van der Waals surface area (Å²) in [7, 11) is 0. The van der Waals surface area contributed by atoms with Gasteiger partial charge in [0, 0.05) is 6.07 Å². The molecular weight excluding hydrogens is 417 g/mol. The quantitative estimate of drug-likeness (QED) is 0.391. The predicted molar refractivity (Wildman–Crippen MR) is 99.2 cm³/mol. The van der Waals surface area contributed by atoms with Crippen LogP contribution in [0, 0.1) is 0 Å². The van der Waals surface area contributed by atoms with Gasteiger partial charge in [0.2, 0.25) is 0 Å². The van der Waals surface area contributed by atoms with Gasteiger partial charge in [0.1, 0.15) is 5.75 Å². The normalized spacial score (nSPS) is 10.9. The molecule has 0 aliphatic heterocycles. The van der Waals surface area contributed by atoms with E-state index >= 15 is 0 Å². The standard InChI is InChI=1S/C15H9Cl5N2O2/c16-9-2-1-8(3-10(9)17)6-21-22-15(23)7-24-14-5-12(19)11(18)4-13(14)20/h1-6H,7H2,(H,22,23). The van der Waals surface area contributed by atoms with E-state index in [2.05, 4.69) is 10.5 Å². The lowest BCUT2D eigenvalue weighted by Crippen LogP contribution is -2.24. The van der Waals surface area contributed by atoms with E-state index < -0.39 is 5.91 Å². The number of nitrogens with one attached hydrogen (secondary N) is 1. The first kappa shape index (κ1) is 19.2. The van der Waals surface area contributed by atoms with E-state index in [1.54, 1.807) is 18.2 Å². The minimum atomic E-state index is -0.478. The number of hydrazone groups is 1. The molecule has 0 saturated heterocycles. The van der Waals surface area contributed by atoms with Crippen LogP contribution in [0.25, 0.3) is 0 Å². The van der Waals surface area contributed by atoms with Gasteiger partial charge in [-0.1, -0.05) is 64.1 Å². The van der Waals surface area contributed by atoms with Crippen molar-refractivity contribution < 1.29 is 9.53 Å². The Balaban J connectivity index is 1.88. The molecule has 126 valence electrons. The third-order valence-corrected chi connectivity index (χ3v) is 4.44. The SMILES string of the molecule is O=C(COc1cc(Cl)c(Cl)cc1Cl)NN=Cc1ccc(Cl)c(Cl)c1. The molecule has 0 bridgehead atoms. The van der Waals surface area contributed by atoms with Crippen molar-refractivity contribution in [2.45, 2.75) is 0 Å². The summed E-state index contributed by atoms with van der Waals surface area (Å²) in [6, 6.07) is 7.81. The van der Waals surface area contributed by atoms with Crippen LogP contribution in [0.5, 0.6) is 5.75 Å². The van der Waals surface area contributed by atoms with Crippen LogP contribution in [0.4, 0.5) is 0 Å². The number of halogens is 5. The summed E-state index contributed by atoms with van der Waals surface area (Å²) in [5, 5.41) is 5.44. The molecule has 9 heteroatoms. The molecule has 1 amide bonds. The molecule has 0 spiro atoms. The van der Waals surface area contributed by atoms with Crippen molar-refractivity contribution in [3.8, 4) is 5.75 Å². The van der Waals surface area contributed by atoms with Gasteiger partial charge >= 0.3 is 0 Å². The zero-order valence-electron chi connectivity index (χ0n) is 11.8. The van der Waals surface area contributed by atoms with Crippen molar-refractivity contribution in [1.82, 2.24) is 5.43 Å². The molecule has 0 unspecified atom stereocenters. The zero-order chi connectivity index (χ0) is 17.7. The van der Waals surface area contributed by atoms with Crippen LogP contribution in [0.3, 0.4) is 0 Å². The van der Waals surface area contributed by atoms with E-state index in [9.17, 15) is 4.79 Å². The Morgan fingerprint density at radius 2 is 1.62 bits per heavy atom. The molecule has 24 heavy (non-hydrogen) atoms. The van der Waals surface area contributed by atoms with E-state index in [1.165, 1.54) is 18.3 Å². The molecule has 0 aromatic heterocycles. The first-order valence-corrected chi connectivity index (χ1v) is 8.30. The van der Waals surface area contributed by atoms with Crippen molar-refractivity contribution in [2.75, 3.05) is 6.61 Å². The average Bonchev–Trinajstić information content (AvgIpc) is 2.53. The Labute approximate surface area is 163 Å². The van der Waals surface area contributed by atoms with Gasteiger partial charge in [-0.05, 0) is 23.8 Å². The number of ether oxygens (including phenoxy) is 1. The number of carbonyl (C=O) groups excluding carboxylic acids is 1. The van der Waals surface area contributed by atoms with E-state index in [4.69, 9.17) is 62.7 Å². The van der Waals surface area contributed by atoms with Crippen LogP contribution in [0.1, 0.15) is 5.56 Å². The molecular formula is C15H9Cl5N2O2. The maximum Gasteiger partial charge on any atom is 0.277 e. The van der Waals surface area contributed by atoms with Crippen LogP contribution in [-0.4, -0.2) is 18.7 Å². The molecule has 2 rings (SSSR count). The highest BCUT2D eigenvalue weighted by atomic mass is 35.5. The molecule has 0 radical (unpaired) electrons. The molecule has 4 nitrogen and oxygen atoms in total. The van der Waals surface area contributed by atoms with Gasteiger partial charge in [-0.2, -0.15) is 5.10 Å². The van der Waals surface area contributed by atoms with E-state index in [-0.39, 0.29) is 22.4 Å². The maximum atomic E-state index is 11.7. The van der Waals surface area contributed by atoms with Crippen LogP contribution in [-0.2, 0) is 4.79 Å². The Kier molecular flexibility index (Phi) is 7.02. The van der Waals surface area contributed by atoms with Gasteiger partial charge in [0.05, 0.1) is 31.3 Å².